The van der Waals surface area contributed by atoms with Crippen LogP contribution in [0.2, 0.25) is 0 Å². The molecule has 1 aliphatic rings. The second kappa shape index (κ2) is 8.21. The van der Waals surface area contributed by atoms with E-state index in [4.69, 9.17) is 4.74 Å². The molecule has 0 aliphatic heterocycles. The van der Waals surface area contributed by atoms with Crippen LogP contribution >= 0.6 is 0 Å². The number of hydrogen-bond acceptors (Lipinski definition) is 2. The Hall–Kier alpha value is -1.31. The highest BCUT2D eigenvalue weighted by atomic mass is 16.5. The van der Waals surface area contributed by atoms with Crippen LogP contribution in [-0.4, -0.2) is 12.4 Å². The highest BCUT2D eigenvalue weighted by Crippen LogP contribution is 2.33. The molecule has 0 bridgehead atoms. The summed E-state index contributed by atoms with van der Waals surface area (Å²) >= 11 is 0. The summed E-state index contributed by atoms with van der Waals surface area (Å²) in [5.74, 6) is 1.32. The Balaban J connectivity index is 2.18. The number of ether oxygens (including phenoxy) is 1. The van der Waals surface area contributed by atoms with Gasteiger partial charge in [0.1, 0.15) is 5.75 Å². The smallest absolute Gasteiger partial charge is 0.163 e. The van der Waals surface area contributed by atoms with Crippen LogP contribution in [0.1, 0.15) is 80.3 Å². The Morgan fingerprint density at radius 3 is 2.52 bits per heavy atom. The first-order valence-electron chi connectivity index (χ1n) is 8.58. The van der Waals surface area contributed by atoms with Gasteiger partial charge in [0.2, 0.25) is 0 Å². The molecule has 0 aromatic heterocycles. The molecular formula is C19H28O2. The molecule has 0 amide bonds. The average Bonchev–Trinajstić information content (AvgIpc) is 2.51. The zero-order valence-electron chi connectivity index (χ0n) is 13.5. The van der Waals surface area contributed by atoms with E-state index in [-0.39, 0.29) is 0 Å². The number of carbonyl (C=O) groups is 1. The first-order valence-corrected chi connectivity index (χ1v) is 8.58. The van der Waals surface area contributed by atoms with Gasteiger partial charge < -0.3 is 4.74 Å². The van der Waals surface area contributed by atoms with Crippen molar-refractivity contribution < 1.29 is 9.53 Å². The Morgan fingerprint density at radius 1 is 1.05 bits per heavy atom. The molecule has 0 fully saturated rings. The lowest BCUT2D eigenvalue weighted by Crippen LogP contribution is -2.13. The fraction of sp³-hybridized carbons (Fsp3) is 0.632. The van der Waals surface area contributed by atoms with Crippen LogP contribution in [0, 0.1) is 0 Å². The maximum absolute atomic E-state index is 12.3. The molecule has 0 heterocycles. The Labute approximate surface area is 128 Å². The summed E-state index contributed by atoms with van der Waals surface area (Å²) in [6.45, 7) is 5.06. The van der Waals surface area contributed by atoms with Crippen LogP contribution in [0.4, 0.5) is 0 Å². The standard InChI is InChI=1S/C19H28O2/c1-3-5-8-14-21-19-13-12-16(18(20)9-4-2)15-10-6-7-11-17(15)19/h12-13H,3-11,14H2,1-2H3. The maximum Gasteiger partial charge on any atom is 0.163 e. The molecular weight excluding hydrogens is 260 g/mol. The van der Waals surface area contributed by atoms with Crippen LogP contribution in [0.15, 0.2) is 12.1 Å². The van der Waals surface area contributed by atoms with Crippen molar-refractivity contribution in [1.82, 2.24) is 0 Å². The molecule has 0 saturated carbocycles. The minimum Gasteiger partial charge on any atom is -0.493 e. The van der Waals surface area contributed by atoms with E-state index in [2.05, 4.69) is 13.8 Å². The van der Waals surface area contributed by atoms with Crippen molar-refractivity contribution >= 4 is 5.78 Å². The maximum atomic E-state index is 12.3. The molecule has 0 radical (unpaired) electrons. The number of unbranched alkanes of at least 4 members (excludes halogenated alkanes) is 2. The summed E-state index contributed by atoms with van der Waals surface area (Å²) in [6.07, 6.45) is 9.62. The molecule has 0 unspecified atom stereocenters. The van der Waals surface area contributed by atoms with Gasteiger partial charge in [0.05, 0.1) is 6.61 Å². The topological polar surface area (TPSA) is 26.3 Å². The molecule has 116 valence electrons. The summed E-state index contributed by atoms with van der Waals surface area (Å²) in [5.41, 5.74) is 3.53. The van der Waals surface area contributed by atoms with Crippen molar-refractivity contribution in [3.63, 3.8) is 0 Å². The van der Waals surface area contributed by atoms with E-state index in [9.17, 15) is 4.79 Å². The number of carbonyl (C=O) groups excluding carboxylic acids is 1. The predicted molar refractivity (Wildman–Crippen MR) is 87.3 cm³/mol. The first kappa shape index (κ1) is 16.1. The molecule has 0 spiro atoms. The highest BCUT2D eigenvalue weighted by Gasteiger charge is 2.20. The van der Waals surface area contributed by atoms with Crippen LogP contribution in [0.5, 0.6) is 5.75 Å². The summed E-state index contributed by atoms with van der Waals surface area (Å²) in [4.78, 5) is 12.3. The van der Waals surface area contributed by atoms with E-state index in [1.807, 2.05) is 12.1 Å². The summed E-state index contributed by atoms with van der Waals surface area (Å²) < 4.78 is 5.99. The van der Waals surface area contributed by atoms with Gasteiger partial charge in [-0.05, 0) is 61.8 Å². The van der Waals surface area contributed by atoms with Crippen LogP contribution < -0.4 is 4.74 Å². The lowest BCUT2D eigenvalue weighted by Gasteiger charge is -2.22. The van der Waals surface area contributed by atoms with E-state index < -0.39 is 0 Å². The normalized spacial score (nSPS) is 13.8. The lowest BCUT2D eigenvalue weighted by molar-refractivity contribution is 0.0980. The third kappa shape index (κ3) is 4.09. The van der Waals surface area contributed by atoms with Crippen molar-refractivity contribution in [2.45, 2.75) is 71.6 Å². The molecule has 0 N–H and O–H groups in total. The van der Waals surface area contributed by atoms with Crippen molar-refractivity contribution in [1.29, 1.82) is 0 Å². The number of ketones is 1. The summed E-state index contributed by atoms with van der Waals surface area (Å²) in [7, 11) is 0. The van der Waals surface area contributed by atoms with Crippen LogP contribution in [0.25, 0.3) is 0 Å². The van der Waals surface area contributed by atoms with Gasteiger partial charge >= 0.3 is 0 Å². The number of hydrogen-bond donors (Lipinski definition) is 0. The van der Waals surface area contributed by atoms with Crippen molar-refractivity contribution in [2.24, 2.45) is 0 Å². The van der Waals surface area contributed by atoms with E-state index >= 15 is 0 Å². The average molecular weight is 288 g/mol. The van der Waals surface area contributed by atoms with Gasteiger partial charge in [-0.15, -0.1) is 0 Å². The van der Waals surface area contributed by atoms with Crippen molar-refractivity contribution in [3.8, 4) is 5.75 Å². The van der Waals surface area contributed by atoms with E-state index in [1.165, 1.54) is 36.8 Å². The van der Waals surface area contributed by atoms with Crippen LogP contribution in [0.3, 0.4) is 0 Å². The van der Waals surface area contributed by atoms with Crippen molar-refractivity contribution in [2.75, 3.05) is 6.61 Å². The van der Waals surface area contributed by atoms with E-state index in [0.717, 1.165) is 43.6 Å². The van der Waals surface area contributed by atoms with Crippen molar-refractivity contribution in [3.05, 3.63) is 28.8 Å². The predicted octanol–water partition coefficient (Wildman–Crippen LogP) is 5.12. The second-order valence-electron chi connectivity index (χ2n) is 6.00. The number of rotatable bonds is 8. The summed E-state index contributed by atoms with van der Waals surface area (Å²) in [5, 5.41) is 0. The first-order chi connectivity index (χ1) is 10.3. The SMILES string of the molecule is CCCCCOc1ccc(C(=O)CCC)c2c1CCCC2. The van der Waals surface area contributed by atoms with Gasteiger partial charge in [0.15, 0.2) is 5.78 Å². The van der Waals surface area contributed by atoms with Crippen LogP contribution in [-0.2, 0) is 12.8 Å². The zero-order valence-corrected chi connectivity index (χ0v) is 13.5. The van der Waals surface area contributed by atoms with E-state index in [0.29, 0.717) is 12.2 Å². The minimum absolute atomic E-state index is 0.299. The lowest BCUT2D eigenvalue weighted by atomic mass is 9.85. The molecule has 1 aliphatic carbocycles. The van der Waals surface area contributed by atoms with Gasteiger partial charge in [-0.1, -0.05) is 26.7 Å². The number of fused-ring (bicyclic) bond motifs is 1. The second-order valence-corrected chi connectivity index (χ2v) is 6.00. The Morgan fingerprint density at radius 2 is 1.81 bits per heavy atom. The largest absolute Gasteiger partial charge is 0.493 e. The molecule has 1 aromatic carbocycles. The molecule has 1 aromatic rings. The van der Waals surface area contributed by atoms with Gasteiger partial charge in [-0.3, -0.25) is 4.79 Å². The number of benzene rings is 1. The fourth-order valence-electron chi connectivity index (χ4n) is 3.13. The fourth-order valence-corrected chi connectivity index (χ4v) is 3.13. The molecule has 21 heavy (non-hydrogen) atoms. The van der Waals surface area contributed by atoms with Gasteiger partial charge in [0, 0.05) is 12.0 Å². The monoisotopic (exact) mass is 288 g/mol. The Kier molecular flexibility index (Phi) is 6.28. The Bertz CT molecular complexity index is 477. The van der Waals surface area contributed by atoms with Gasteiger partial charge in [-0.2, -0.15) is 0 Å². The molecule has 2 heteroatoms. The molecule has 2 rings (SSSR count). The molecule has 0 atom stereocenters. The summed E-state index contributed by atoms with van der Waals surface area (Å²) in [6, 6.07) is 4.02. The third-order valence-electron chi connectivity index (χ3n) is 4.27. The van der Waals surface area contributed by atoms with Gasteiger partial charge in [0.25, 0.3) is 0 Å². The molecule has 2 nitrogen and oxygen atoms in total. The number of Topliss-reactive ketones (excluding diaryl/α,β-unsaturated/α-hetero) is 1. The zero-order chi connectivity index (χ0) is 15.1. The minimum atomic E-state index is 0.299. The highest BCUT2D eigenvalue weighted by molar-refractivity contribution is 5.98. The third-order valence-corrected chi connectivity index (χ3v) is 4.27. The quantitative estimate of drug-likeness (QED) is 0.490. The molecule has 0 saturated heterocycles. The van der Waals surface area contributed by atoms with E-state index in [1.54, 1.807) is 0 Å². The van der Waals surface area contributed by atoms with Gasteiger partial charge in [-0.25, -0.2) is 0 Å².